The van der Waals surface area contributed by atoms with Crippen molar-refractivity contribution in [2.45, 2.75) is 46.2 Å². The summed E-state index contributed by atoms with van der Waals surface area (Å²) in [5, 5.41) is 3.51. The molecule has 1 aliphatic rings. The summed E-state index contributed by atoms with van der Waals surface area (Å²) in [6.07, 6.45) is 3.84. The molecule has 1 amide bonds. The van der Waals surface area contributed by atoms with E-state index in [1.807, 2.05) is 0 Å². The zero-order valence-electron chi connectivity index (χ0n) is 11.3. The molecule has 0 radical (unpaired) electrons. The van der Waals surface area contributed by atoms with Crippen LogP contribution in [0.5, 0.6) is 0 Å². The van der Waals surface area contributed by atoms with Gasteiger partial charge in [0.1, 0.15) is 12.0 Å². The molecule has 4 nitrogen and oxygen atoms in total. The van der Waals surface area contributed by atoms with E-state index in [-0.39, 0.29) is 0 Å². The fourth-order valence-corrected chi connectivity index (χ4v) is 3.00. The SMILES string of the molecule is C[C@@H]1CC(C)(C)C[C@@H]1NCc1cc(C(N)=O)co1. The molecule has 0 bridgehead atoms. The van der Waals surface area contributed by atoms with Gasteiger partial charge in [0.2, 0.25) is 0 Å². The van der Waals surface area contributed by atoms with Gasteiger partial charge in [-0.15, -0.1) is 0 Å². The average molecular weight is 250 g/mol. The summed E-state index contributed by atoms with van der Waals surface area (Å²) in [4.78, 5) is 11.0. The Hall–Kier alpha value is -1.29. The Morgan fingerprint density at radius 2 is 2.28 bits per heavy atom. The minimum absolute atomic E-state index is 0.415. The number of primary amides is 1. The summed E-state index contributed by atoms with van der Waals surface area (Å²) < 4.78 is 5.31. The van der Waals surface area contributed by atoms with Gasteiger partial charge in [-0.2, -0.15) is 0 Å². The fourth-order valence-electron chi connectivity index (χ4n) is 3.00. The summed E-state index contributed by atoms with van der Waals surface area (Å²) in [5.74, 6) is 0.992. The standard InChI is InChI=1S/C14H22N2O2/c1-9-5-14(2,3)6-12(9)16-7-11-4-10(8-18-11)13(15)17/h4,8-9,12,16H,5-7H2,1-3H3,(H2,15,17)/t9-,12+/m1/s1. The molecule has 100 valence electrons. The van der Waals surface area contributed by atoms with Crippen molar-refractivity contribution in [1.29, 1.82) is 0 Å². The molecule has 1 saturated carbocycles. The van der Waals surface area contributed by atoms with Gasteiger partial charge in [-0.3, -0.25) is 4.79 Å². The van der Waals surface area contributed by atoms with Crippen LogP contribution >= 0.6 is 0 Å². The van der Waals surface area contributed by atoms with Crippen molar-refractivity contribution in [3.63, 3.8) is 0 Å². The zero-order valence-corrected chi connectivity index (χ0v) is 11.3. The quantitative estimate of drug-likeness (QED) is 0.861. The third-order valence-electron chi connectivity index (χ3n) is 3.81. The lowest BCUT2D eigenvalue weighted by Gasteiger charge is -2.17. The summed E-state index contributed by atoms with van der Waals surface area (Å²) in [6.45, 7) is 7.55. The summed E-state index contributed by atoms with van der Waals surface area (Å²) in [5.41, 5.74) is 6.04. The monoisotopic (exact) mass is 250 g/mol. The van der Waals surface area contributed by atoms with Gasteiger partial charge in [-0.05, 0) is 30.2 Å². The lowest BCUT2D eigenvalue weighted by molar-refractivity contribution is 0.0999. The van der Waals surface area contributed by atoms with Crippen LogP contribution in [-0.2, 0) is 6.54 Å². The van der Waals surface area contributed by atoms with Gasteiger partial charge in [-0.1, -0.05) is 20.8 Å². The minimum atomic E-state index is -0.444. The van der Waals surface area contributed by atoms with Crippen LogP contribution in [0.3, 0.4) is 0 Å². The van der Waals surface area contributed by atoms with E-state index in [9.17, 15) is 4.79 Å². The molecule has 0 saturated heterocycles. The molecule has 1 heterocycles. The van der Waals surface area contributed by atoms with Crippen LogP contribution in [0.1, 0.15) is 49.7 Å². The molecule has 0 aliphatic heterocycles. The number of hydrogen-bond donors (Lipinski definition) is 2. The molecule has 2 atom stereocenters. The molecule has 0 unspecified atom stereocenters. The highest BCUT2D eigenvalue weighted by molar-refractivity contribution is 5.92. The number of nitrogens with one attached hydrogen (secondary N) is 1. The summed E-state index contributed by atoms with van der Waals surface area (Å²) >= 11 is 0. The van der Waals surface area contributed by atoms with Crippen LogP contribution in [-0.4, -0.2) is 11.9 Å². The van der Waals surface area contributed by atoms with E-state index < -0.39 is 5.91 Å². The number of carbonyl (C=O) groups excluding carboxylic acids is 1. The molecule has 4 heteroatoms. The maximum atomic E-state index is 11.0. The lowest BCUT2D eigenvalue weighted by atomic mass is 9.91. The first kappa shape index (κ1) is 13.1. The first-order valence-corrected chi connectivity index (χ1v) is 6.48. The number of nitrogens with two attached hydrogens (primary N) is 1. The van der Waals surface area contributed by atoms with E-state index in [4.69, 9.17) is 10.2 Å². The maximum Gasteiger partial charge on any atom is 0.251 e. The summed E-state index contributed by atoms with van der Waals surface area (Å²) in [7, 11) is 0. The lowest BCUT2D eigenvalue weighted by Crippen LogP contribution is -2.30. The van der Waals surface area contributed by atoms with Crippen molar-refractivity contribution in [2.75, 3.05) is 0 Å². The highest BCUT2D eigenvalue weighted by Crippen LogP contribution is 2.40. The van der Waals surface area contributed by atoms with Crippen molar-refractivity contribution in [3.8, 4) is 0 Å². The Kier molecular flexibility index (Phi) is 3.48. The second-order valence-electron chi connectivity index (χ2n) is 6.20. The molecule has 0 spiro atoms. The Morgan fingerprint density at radius 3 is 2.78 bits per heavy atom. The zero-order chi connectivity index (χ0) is 13.3. The maximum absolute atomic E-state index is 11.0. The highest BCUT2D eigenvalue weighted by Gasteiger charge is 2.36. The Balaban J connectivity index is 1.90. The molecule has 1 aliphatic carbocycles. The Labute approximate surface area is 108 Å². The molecule has 18 heavy (non-hydrogen) atoms. The van der Waals surface area contributed by atoms with Crippen LogP contribution in [0.4, 0.5) is 0 Å². The van der Waals surface area contributed by atoms with Crippen molar-refractivity contribution >= 4 is 5.91 Å². The topological polar surface area (TPSA) is 68.3 Å². The second-order valence-corrected chi connectivity index (χ2v) is 6.20. The average Bonchev–Trinajstić information content (AvgIpc) is 2.80. The molecular formula is C14H22N2O2. The number of rotatable bonds is 4. The van der Waals surface area contributed by atoms with Crippen molar-refractivity contribution in [2.24, 2.45) is 17.1 Å². The van der Waals surface area contributed by atoms with Crippen LogP contribution in [0.15, 0.2) is 16.7 Å². The fraction of sp³-hybridized carbons (Fsp3) is 0.643. The highest BCUT2D eigenvalue weighted by atomic mass is 16.3. The van der Waals surface area contributed by atoms with E-state index in [2.05, 4.69) is 26.1 Å². The number of furan rings is 1. The number of amides is 1. The predicted octanol–water partition coefficient (Wildman–Crippen LogP) is 2.29. The summed E-state index contributed by atoms with van der Waals surface area (Å²) in [6, 6.07) is 2.22. The van der Waals surface area contributed by atoms with Gasteiger partial charge in [0.15, 0.2) is 0 Å². The third kappa shape index (κ3) is 2.93. The number of carbonyl (C=O) groups is 1. The first-order valence-electron chi connectivity index (χ1n) is 6.48. The van der Waals surface area contributed by atoms with Crippen molar-refractivity contribution < 1.29 is 9.21 Å². The van der Waals surface area contributed by atoms with Gasteiger partial charge in [0, 0.05) is 6.04 Å². The van der Waals surface area contributed by atoms with Gasteiger partial charge in [-0.25, -0.2) is 0 Å². The van der Waals surface area contributed by atoms with Crippen molar-refractivity contribution in [3.05, 3.63) is 23.7 Å². The second kappa shape index (κ2) is 4.76. The molecule has 1 aromatic rings. The molecular weight excluding hydrogens is 228 g/mol. The molecule has 2 rings (SSSR count). The number of hydrogen-bond acceptors (Lipinski definition) is 3. The van der Waals surface area contributed by atoms with Crippen LogP contribution in [0.25, 0.3) is 0 Å². The van der Waals surface area contributed by atoms with Gasteiger partial charge >= 0.3 is 0 Å². The first-order chi connectivity index (χ1) is 8.37. The van der Waals surface area contributed by atoms with Gasteiger partial charge in [0.05, 0.1) is 12.1 Å². The largest absolute Gasteiger partial charge is 0.467 e. The Bertz CT molecular complexity index is 437. The van der Waals surface area contributed by atoms with E-state index in [1.165, 1.54) is 19.1 Å². The minimum Gasteiger partial charge on any atom is -0.467 e. The molecule has 1 fully saturated rings. The van der Waals surface area contributed by atoms with E-state index >= 15 is 0 Å². The molecule has 0 aromatic carbocycles. The molecule has 1 aromatic heterocycles. The van der Waals surface area contributed by atoms with Gasteiger partial charge < -0.3 is 15.5 Å². The van der Waals surface area contributed by atoms with Crippen molar-refractivity contribution in [1.82, 2.24) is 5.32 Å². The third-order valence-corrected chi connectivity index (χ3v) is 3.81. The van der Waals surface area contributed by atoms with E-state index in [1.54, 1.807) is 6.07 Å². The smallest absolute Gasteiger partial charge is 0.251 e. The normalized spacial score (nSPS) is 26.4. The van der Waals surface area contributed by atoms with Crippen LogP contribution in [0.2, 0.25) is 0 Å². The van der Waals surface area contributed by atoms with E-state index in [0.29, 0.717) is 29.5 Å². The predicted molar refractivity (Wildman–Crippen MR) is 70.0 cm³/mol. The Morgan fingerprint density at radius 1 is 1.56 bits per heavy atom. The van der Waals surface area contributed by atoms with E-state index in [0.717, 1.165) is 5.76 Å². The molecule has 3 N–H and O–H groups in total. The van der Waals surface area contributed by atoms with Crippen LogP contribution < -0.4 is 11.1 Å². The van der Waals surface area contributed by atoms with Crippen LogP contribution in [0, 0.1) is 11.3 Å². The van der Waals surface area contributed by atoms with Gasteiger partial charge in [0.25, 0.3) is 5.91 Å².